The van der Waals surface area contributed by atoms with E-state index in [0.29, 0.717) is 17.9 Å². The van der Waals surface area contributed by atoms with E-state index in [1.54, 1.807) is 0 Å². The van der Waals surface area contributed by atoms with E-state index in [1.807, 2.05) is 6.92 Å². The third-order valence-electron chi connectivity index (χ3n) is 4.57. The second kappa shape index (κ2) is 6.23. The number of ether oxygens (including phenoxy) is 1. The molecule has 2 atom stereocenters. The quantitative estimate of drug-likeness (QED) is 0.798. The van der Waals surface area contributed by atoms with Gasteiger partial charge in [0, 0.05) is 19.1 Å². The average Bonchev–Trinajstić information content (AvgIpc) is 2.34. The Labute approximate surface area is 116 Å². The summed E-state index contributed by atoms with van der Waals surface area (Å²) in [6.45, 7) is 8.45. The molecule has 19 heavy (non-hydrogen) atoms. The third kappa shape index (κ3) is 3.93. The maximum Gasteiger partial charge on any atom is 0.246 e. The van der Waals surface area contributed by atoms with Gasteiger partial charge in [-0.2, -0.15) is 0 Å². The van der Waals surface area contributed by atoms with Crippen LogP contribution in [0.5, 0.6) is 0 Å². The van der Waals surface area contributed by atoms with Crippen molar-refractivity contribution in [3.8, 4) is 0 Å². The summed E-state index contributed by atoms with van der Waals surface area (Å²) in [7, 11) is 0. The van der Waals surface area contributed by atoms with Crippen molar-refractivity contribution in [3.63, 3.8) is 0 Å². The van der Waals surface area contributed by atoms with Gasteiger partial charge in [0.25, 0.3) is 0 Å². The Balaban J connectivity index is 1.76. The van der Waals surface area contributed by atoms with Crippen LogP contribution >= 0.6 is 0 Å². The molecule has 0 bridgehead atoms. The van der Waals surface area contributed by atoms with E-state index < -0.39 is 0 Å². The first-order valence-corrected chi connectivity index (χ1v) is 7.64. The molecule has 1 aliphatic heterocycles. The van der Waals surface area contributed by atoms with Gasteiger partial charge < -0.3 is 15.4 Å². The summed E-state index contributed by atoms with van der Waals surface area (Å²) in [5.41, 5.74) is -0.138. The largest absolute Gasteiger partial charge is 0.363 e. The molecule has 0 aromatic heterocycles. The van der Waals surface area contributed by atoms with Gasteiger partial charge >= 0.3 is 0 Å². The number of amides is 1. The number of carbonyl (C=O) groups excluding carboxylic acids is 1. The fourth-order valence-corrected chi connectivity index (χ4v) is 3.20. The van der Waals surface area contributed by atoms with E-state index in [2.05, 4.69) is 24.5 Å². The van der Waals surface area contributed by atoms with Crippen molar-refractivity contribution in [2.75, 3.05) is 19.7 Å². The Morgan fingerprint density at radius 2 is 2.05 bits per heavy atom. The van der Waals surface area contributed by atoms with Crippen molar-refractivity contribution in [1.82, 2.24) is 10.6 Å². The van der Waals surface area contributed by atoms with Crippen LogP contribution in [0.1, 0.15) is 46.5 Å². The zero-order valence-corrected chi connectivity index (χ0v) is 12.5. The van der Waals surface area contributed by atoms with Crippen LogP contribution in [0.3, 0.4) is 0 Å². The number of rotatable bonds is 5. The van der Waals surface area contributed by atoms with Gasteiger partial charge in [0.1, 0.15) is 6.61 Å². The highest BCUT2D eigenvalue weighted by Crippen LogP contribution is 2.30. The lowest BCUT2D eigenvalue weighted by Crippen LogP contribution is -2.60. The predicted octanol–water partition coefficient (Wildman–Crippen LogP) is 1.70. The van der Waals surface area contributed by atoms with Crippen molar-refractivity contribution in [1.29, 1.82) is 0 Å². The van der Waals surface area contributed by atoms with Gasteiger partial charge in [0.2, 0.25) is 5.91 Å². The molecule has 4 nitrogen and oxygen atoms in total. The van der Waals surface area contributed by atoms with Crippen molar-refractivity contribution >= 4 is 5.91 Å². The van der Waals surface area contributed by atoms with E-state index in [-0.39, 0.29) is 18.1 Å². The smallest absolute Gasteiger partial charge is 0.246 e. The summed E-state index contributed by atoms with van der Waals surface area (Å²) in [5, 5.41) is 6.36. The fraction of sp³-hybridized carbons (Fsp3) is 0.933. The number of hydrogen-bond donors (Lipinski definition) is 2. The second-order valence-electron chi connectivity index (χ2n) is 6.71. The minimum Gasteiger partial charge on any atom is -0.363 e. The molecule has 0 aromatic rings. The Kier molecular flexibility index (Phi) is 4.85. The van der Waals surface area contributed by atoms with Crippen molar-refractivity contribution in [2.45, 2.75) is 58.1 Å². The molecule has 1 amide bonds. The van der Waals surface area contributed by atoms with Crippen molar-refractivity contribution in [2.24, 2.45) is 11.8 Å². The molecule has 0 aromatic carbocycles. The van der Waals surface area contributed by atoms with Crippen LogP contribution < -0.4 is 10.6 Å². The van der Waals surface area contributed by atoms with Gasteiger partial charge in [-0.25, -0.2) is 0 Å². The molecule has 1 saturated heterocycles. The lowest BCUT2D eigenvalue weighted by molar-refractivity contribution is -0.137. The highest BCUT2D eigenvalue weighted by atomic mass is 16.5. The Bertz CT molecular complexity index is 313. The summed E-state index contributed by atoms with van der Waals surface area (Å²) in [5.74, 6) is 1.31. The first kappa shape index (κ1) is 14.8. The van der Waals surface area contributed by atoms with E-state index in [0.717, 1.165) is 19.5 Å². The first-order chi connectivity index (χ1) is 9.00. The molecule has 110 valence electrons. The molecule has 2 N–H and O–H groups in total. The van der Waals surface area contributed by atoms with Crippen LogP contribution in [0.2, 0.25) is 0 Å². The zero-order chi connectivity index (χ0) is 13.9. The zero-order valence-electron chi connectivity index (χ0n) is 12.5. The number of nitrogens with one attached hydrogen (secondary N) is 2. The topological polar surface area (TPSA) is 50.4 Å². The SMILES string of the molecule is CC(C)C1CCCCC1NC(=O)COC1(C)CNC1. The Morgan fingerprint density at radius 1 is 1.37 bits per heavy atom. The van der Waals surface area contributed by atoms with E-state index in [4.69, 9.17) is 4.74 Å². The van der Waals surface area contributed by atoms with Crippen LogP contribution in [-0.4, -0.2) is 37.2 Å². The highest BCUT2D eigenvalue weighted by Gasteiger charge is 2.34. The monoisotopic (exact) mass is 268 g/mol. The van der Waals surface area contributed by atoms with Crippen LogP contribution in [-0.2, 0) is 9.53 Å². The molecule has 1 aliphatic carbocycles. The van der Waals surface area contributed by atoms with Crippen LogP contribution in [0.4, 0.5) is 0 Å². The average molecular weight is 268 g/mol. The lowest BCUT2D eigenvalue weighted by atomic mass is 9.78. The normalized spacial score (nSPS) is 29.9. The molecule has 2 aliphatic rings. The standard InChI is InChI=1S/C15H28N2O2/c1-11(2)12-6-4-5-7-13(12)17-14(18)8-19-15(3)9-16-10-15/h11-13,16H,4-10H2,1-3H3,(H,17,18). The van der Waals surface area contributed by atoms with Gasteiger partial charge in [-0.1, -0.05) is 26.7 Å². The van der Waals surface area contributed by atoms with Gasteiger partial charge in [-0.3, -0.25) is 4.79 Å². The van der Waals surface area contributed by atoms with Gasteiger partial charge in [-0.15, -0.1) is 0 Å². The lowest BCUT2D eigenvalue weighted by Gasteiger charge is -2.39. The molecule has 0 spiro atoms. The van der Waals surface area contributed by atoms with E-state index in [9.17, 15) is 4.79 Å². The maximum absolute atomic E-state index is 12.0. The molecule has 2 fully saturated rings. The third-order valence-corrected chi connectivity index (χ3v) is 4.57. The van der Waals surface area contributed by atoms with Crippen LogP contribution in [0, 0.1) is 11.8 Å². The molecule has 4 heteroatoms. The molecule has 2 rings (SSSR count). The summed E-state index contributed by atoms with van der Waals surface area (Å²) in [6, 6.07) is 0.345. The minimum absolute atomic E-state index is 0.0469. The highest BCUT2D eigenvalue weighted by molar-refractivity contribution is 5.77. The molecule has 1 heterocycles. The first-order valence-electron chi connectivity index (χ1n) is 7.64. The molecular formula is C15H28N2O2. The van der Waals surface area contributed by atoms with E-state index in [1.165, 1.54) is 19.3 Å². The molecule has 1 saturated carbocycles. The number of carbonyl (C=O) groups is 1. The molecule has 2 unspecified atom stereocenters. The summed E-state index contributed by atoms with van der Waals surface area (Å²) < 4.78 is 5.69. The molecule has 0 radical (unpaired) electrons. The van der Waals surface area contributed by atoms with Crippen LogP contribution in [0.15, 0.2) is 0 Å². The minimum atomic E-state index is -0.138. The number of hydrogen-bond acceptors (Lipinski definition) is 3. The Morgan fingerprint density at radius 3 is 2.63 bits per heavy atom. The van der Waals surface area contributed by atoms with Crippen molar-refractivity contribution in [3.05, 3.63) is 0 Å². The summed E-state index contributed by atoms with van der Waals surface area (Å²) in [6.07, 6.45) is 4.89. The predicted molar refractivity (Wildman–Crippen MR) is 76.0 cm³/mol. The summed E-state index contributed by atoms with van der Waals surface area (Å²) in [4.78, 5) is 12.0. The second-order valence-corrected chi connectivity index (χ2v) is 6.71. The molecular weight excluding hydrogens is 240 g/mol. The van der Waals surface area contributed by atoms with Gasteiger partial charge in [0.05, 0.1) is 5.60 Å². The van der Waals surface area contributed by atoms with E-state index >= 15 is 0 Å². The maximum atomic E-state index is 12.0. The van der Waals surface area contributed by atoms with Gasteiger partial charge in [0.15, 0.2) is 0 Å². The van der Waals surface area contributed by atoms with Gasteiger partial charge in [-0.05, 0) is 31.6 Å². The fourth-order valence-electron chi connectivity index (χ4n) is 3.20. The van der Waals surface area contributed by atoms with Crippen LogP contribution in [0.25, 0.3) is 0 Å². The Hall–Kier alpha value is -0.610. The summed E-state index contributed by atoms with van der Waals surface area (Å²) >= 11 is 0. The van der Waals surface area contributed by atoms with Crippen molar-refractivity contribution < 1.29 is 9.53 Å².